The van der Waals surface area contributed by atoms with Gasteiger partial charge in [0.15, 0.2) is 0 Å². The number of carbonyl (C=O) groups is 1. The first kappa shape index (κ1) is 13.5. The SMILES string of the molecule is COCCOc1ccc([C@H](Br)C=O)c(Cl)c1. The Morgan fingerprint density at radius 3 is 2.81 bits per heavy atom. The van der Waals surface area contributed by atoms with Gasteiger partial charge in [0.2, 0.25) is 0 Å². The zero-order chi connectivity index (χ0) is 12.0. The monoisotopic (exact) mass is 306 g/mol. The molecule has 16 heavy (non-hydrogen) atoms. The van der Waals surface area contributed by atoms with E-state index >= 15 is 0 Å². The second-order valence-corrected chi connectivity index (χ2v) is 4.46. The molecule has 0 amide bonds. The molecule has 0 bridgehead atoms. The molecule has 0 N–H and O–H groups in total. The average molecular weight is 308 g/mol. The van der Waals surface area contributed by atoms with Crippen molar-refractivity contribution in [2.24, 2.45) is 0 Å². The summed E-state index contributed by atoms with van der Waals surface area (Å²) in [6, 6.07) is 5.22. The van der Waals surface area contributed by atoms with Crippen molar-refractivity contribution in [2.75, 3.05) is 20.3 Å². The summed E-state index contributed by atoms with van der Waals surface area (Å²) in [4.78, 5) is 10.2. The van der Waals surface area contributed by atoms with Crippen LogP contribution in [0, 0.1) is 0 Å². The van der Waals surface area contributed by atoms with Crippen LogP contribution in [0.1, 0.15) is 10.4 Å². The van der Waals surface area contributed by atoms with Gasteiger partial charge in [-0.1, -0.05) is 33.6 Å². The quantitative estimate of drug-likeness (QED) is 0.460. The molecule has 0 aliphatic heterocycles. The first-order chi connectivity index (χ1) is 7.69. The van der Waals surface area contributed by atoms with Crippen molar-refractivity contribution in [1.29, 1.82) is 0 Å². The average Bonchev–Trinajstić information content (AvgIpc) is 2.29. The van der Waals surface area contributed by atoms with Crippen molar-refractivity contribution in [3.63, 3.8) is 0 Å². The molecule has 1 atom stereocenters. The molecule has 0 unspecified atom stereocenters. The summed E-state index contributed by atoms with van der Waals surface area (Å²) in [5.74, 6) is 0.663. The Bertz CT molecular complexity index is 357. The maximum Gasteiger partial charge on any atom is 0.138 e. The highest BCUT2D eigenvalue weighted by molar-refractivity contribution is 9.09. The number of methoxy groups -OCH3 is 1. The molecular weight excluding hydrogens is 295 g/mol. The Morgan fingerprint density at radius 1 is 1.50 bits per heavy atom. The number of hydrogen-bond donors (Lipinski definition) is 0. The molecule has 0 heterocycles. The lowest BCUT2D eigenvalue weighted by molar-refractivity contribution is -0.107. The first-order valence-corrected chi connectivity index (χ1v) is 5.99. The minimum atomic E-state index is -0.381. The third kappa shape index (κ3) is 3.77. The molecule has 1 rings (SSSR count). The van der Waals surface area contributed by atoms with Gasteiger partial charge in [0.1, 0.15) is 18.6 Å². The number of halogens is 2. The Hall–Kier alpha value is -0.580. The summed E-state index contributed by atoms with van der Waals surface area (Å²) < 4.78 is 10.2. The largest absolute Gasteiger partial charge is 0.491 e. The molecule has 0 aromatic heterocycles. The maximum absolute atomic E-state index is 10.6. The van der Waals surface area contributed by atoms with Gasteiger partial charge in [-0.25, -0.2) is 0 Å². The van der Waals surface area contributed by atoms with Gasteiger partial charge in [0, 0.05) is 12.1 Å². The molecule has 0 aliphatic carbocycles. The molecule has 0 aliphatic rings. The summed E-state index contributed by atoms with van der Waals surface area (Å²) >= 11 is 9.23. The summed E-state index contributed by atoms with van der Waals surface area (Å²) in [7, 11) is 1.61. The molecular formula is C11H12BrClO3. The van der Waals surface area contributed by atoms with Gasteiger partial charge >= 0.3 is 0 Å². The van der Waals surface area contributed by atoms with Gasteiger partial charge in [0.25, 0.3) is 0 Å². The lowest BCUT2D eigenvalue weighted by Crippen LogP contribution is -2.04. The summed E-state index contributed by atoms with van der Waals surface area (Å²) in [6.45, 7) is 0.992. The molecule has 0 saturated carbocycles. The zero-order valence-electron chi connectivity index (χ0n) is 8.78. The second kappa shape index (κ2) is 6.89. The van der Waals surface area contributed by atoms with Crippen LogP contribution < -0.4 is 4.74 Å². The highest BCUT2D eigenvalue weighted by Gasteiger charge is 2.10. The number of benzene rings is 1. The fourth-order valence-corrected chi connectivity index (χ4v) is 1.96. The van der Waals surface area contributed by atoms with E-state index in [1.165, 1.54) is 0 Å². The third-order valence-electron chi connectivity index (χ3n) is 1.94. The number of rotatable bonds is 6. The van der Waals surface area contributed by atoms with E-state index < -0.39 is 0 Å². The van der Waals surface area contributed by atoms with Crippen LogP contribution >= 0.6 is 27.5 Å². The fourth-order valence-electron chi connectivity index (χ4n) is 1.14. The Kier molecular flexibility index (Phi) is 5.80. The fraction of sp³-hybridized carbons (Fsp3) is 0.364. The van der Waals surface area contributed by atoms with E-state index in [-0.39, 0.29) is 4.83 Å². The first-order valence-electron chi connectivity index (χ1n) is 4.69. The van der Waals surface area contributed by atoms with Gasteiger partial charge in [-0.15, -0.1) is 0 Å². The predicted molar refractivity (Wildman–Crippen MR) is 66.6 cm³/mol. The normalized spacial score (nSPS) is 12.2. The lowest BCUT2D eigenvalue weighted by Gasteiger charge is -2.09. The van der Waals surface area contributed by atoms with Crippen LogP contribution in [0.25, 0.3) is 0 Å². The van der Waals surface area contributed by atoms with Gasteiger partial charge in [-0.2, -0.15) is 0 Å². The molecule has 3 nitrogen and oxygen atoms in total. The van der Waals surface area contributed by atoms with Crippen molar-refractivity contribution in [1.82, 2.24) is 0 Å². The number of carbonyl (C=O) groups excluding carboxylic acids is 1. The Balaban J connectivity index is 2.70. The van der Waals surface area contributed by atoms with E-state index in [1.54, 1.807) is 25.3 Å². The van der Waals surface area contributed by atoms with Gasteiger partial charge in [-0.3, -0.25) is 0 Å². The molecule has 0 fully saturated rings. The molecule has 0 saturated heterocycles. The molecule has 88 valence electrons. The molecule has 1 aromatic carbocycles. The van der Waals surface area contributed by atoms with E-state index in [1.807, 2.05) is 0 Å². The molecule has 1 aromatic rings. The standard InChI is InChI=1S/C11H12BrClO3/c1-15-4-5-16-8-2-3-9(10(12)7-14)11(13)6-8/h2-3,6-7,10H,4-5H2,1H3/t10-/m1/s1. The molecule has 0 radical (unpaired) electrons. The van der Waals surface area contributed by atoms with Crippen LogP contribution in [-0.4, -0.2) is 26.6 Å². The van der Waals surface area contributed by atoms with Crippen molar-refractivity contribution >= 4 is 33.8 Å². The maximum atomic E-state index is 10.6. The van der Waals surface area contributed by atoms with Crippen LogP contribution in [0.3, 0.4) is 0 Å². The topological polar surface area (TPSA) is 35.5 Å². The zero-order valence-corrected chi connectivity index (χ0v) is 11.1. The highest BCUT2D eigenvalue weighted by atomic mass is 79.9. The smallest absolute Gasteiger partial charge is 0.138 e. The van der Waals surface area contributed by atoms with Crippen molar-refractivity contribution in [3.8, 4) is 5.75 Å². The predicted octanol–water partition coefficient (Wildman–Crippen LogP) is 3.00. The number of alkyl halides is 1. The summed E-state index contributed by atoms with van der Waals surface area (Å²) in [5.41, 5.74) is 0.732. The minimum absolute atomic E-state index is 0.381. The van der Waals surface area contributed by atoms with Crippen molar-refractivity contribution in [2.45, 2.75) is 4.83 Å². The third-order valence-corrected chi connectivity index (χ3v) is 2.98. The number of hydrogen-bond acceptors (Lipinski definition) is 3. The van der Waals surface area contributed by atoms with Gasteiger partial charge in [0.05, 0.1) is 11.4 Å². The van der Waals surface area contributed by atoms with Crippen molar-refractivity contribution in [3.05, 3.63) is 28.8 Å². The number of aldehydes is 1. The van der Waals surface area contributed by atoms with Crippen LogP contribution in [0.15, 0.2) is 18.2 Å². The highest BCUT2D eigenvalue weighted by Crippen LogP contribution is 2.30. The molecule has 0 spiro atoms. The molecule has 5 heteroatoms. The van der Waals surface area contributed by atoms with Crippen LogP contribution in [-0.2, 0) is 9.53 Å². The van der Waals surface area contributed by atoms with Gasteiger partial charge < -0.3 is 14.3 Å². The van der Waals surface area contributed by atoms with E-state index in [0.29, 0.717) is 24.0 Å². The van der Waals surface area contributed by atoms with E-state index in [9.17, 15) is 4.79 Å². The minimum Gasteiger partial charge on any atom is -0.491 e. The summed E-state index contributed by atoms with van der Waals surface area (Å²) in [5, 5.41) is 0.504. The Morgan fingerprint density at radius 2 is 2.25 bits per heavy atom. The second-order valence-electron chi connectivity index (χ2n) is 3.06. The van der Waals surface area contributed by atoms with Crippen molar-refractivity contribution < 1.29 is 14.3 Å². The van der Waals surface area contributed by atoms with E-state index in [2.05, 4.69) is 15.9 Å². The van der Waals surface area contributed by atoms with E-state index in [0.717, 1.165) is 11.8 Å². The van der Waals surface area contributed by atoms with Gasteiger partial charge in [-0.05, 0) is 17.7 Å². The Labute approximate surface area is 108 Å². The van der Waals surface area contributed by atoms with E-state index in [4.69, 9.17) is 21.1 Å². The number of ether oxygens (including phenoxy) is 2. The van der Waals surface area contributed by atoms with Crippen LogP contribution in [0.5, 0.6) is 5.75 Å². The van der Waals surface area contributed by atoms with Crippen LogP contribution in [0.4, 0.5) is 0 Å². The summed E-state index contributed by atoms with van der Waals surface area (Å²) in [6.07, 6.45) is 0.784. The van der Waals surface area contributed by atoms with Crippen LogP contribution in [0.2, 0.25) is 5.02 Å². The lowest BCUT2D eigenvalue weighted by atomic mass is 10.1.